The zero-order valence-electron chi connectivity index (χ0n) is 13.8. The van der Waals surface area contributed by atoms with Crippen LogP contribution in [0.25, 0.3) is 0 Å². The van der Waals surface area contributed by atoms with E-state index in [0.29, 0.717) is 5.56 Å². The van der Waals surface area contributed by atoms with Gasteiger partial charge in [-0.15, -0.1) is 0 Å². The number of nitrogens with zero attached hydrogens (tertiary/aromatic N) is 2. The quantitative estimate of drug-likeness (QED) is 0.848. The van der Waals surface area contributed by atoms with Gasteiger partial charge >= 0.3 is 11.8 Å². The molecule has 6 nitrogen and oxygen atoms in total. The number of benzene rings is 1. The molecule has 0 aliphatic heterocycles. The number of hydrogen-bond acceptors (Lipinski definition) is 4. The van der Waals surface area contributed by atoms with Crippen molar-refractivity contribution in [3.8, 4) is 6.07 Å². The first kappa shape index (κ1) is 17.2. The van der Waals surface area contributed by atoms with E-state index in [1.54, 1.807) is 0 Å². The Morgan fingerprint density at radius 1 is 1.17 bits per heavy atom. The molecule has 0 saturated carbocycles. The van der Waals surface area contributed by atoms with E-state index >= 15 is 0 Å². The highest BCUT2D eigenvalue weighted by Gasteiger charge is 2.18. The molecule has 0 saturated heterocycles. The molecule has 0 bridgehead atoms. The maximum absolute atomic E-state index is 12.0. The number of amides is 2. The molecule has 2 rings (SSSR count). The van der Waals surface area contributed by atoms with Crippen LogP contribution in [-0.4, -0.2) is 16.8 Å². The van der Waals surface area contributed by atoms with Gasteiger partial charge in [-0.1, -0.05) is 18.2 Å². The monoisotopic (exact) mass is 322 g/mol. The molecular weight excluding hydrogens is 304 g/mol. The number of aryl methyl sites for hydroxylation is 1. The molecular formula is C18H18N4O2. The van der Waals surface area contributed by atoms with E-state index in [9.17, 15) is 9.59 Å². The van der Waals surface area contributed by atoms with Gasteiger partial charge in [-0.3, -0.25) is 9.59 Å². The fourth-order valence-electron chi connectivity index (χ4n) is 2.29. The van der Waals surface area contributed by atoms with Crippen LogP contribution in [0.4, 0.5) is 5.82 Å². The number of pyridine rings is 1. The van der Waals surface area contributed by atoms with Crippen molar-refractivity contribution >= 4 is 17.6 Å². The van der Waals surface area contributed by atoms with Crippen LogP contribution in [0.1, 0.15) is 35.2 Å². The van der Waals surface area contributed by atoms with Crippen LogP contribution in [0.2, 0.25) is 0 Å². The first-order chi connectivity index (χ1) is 11.4. The number of nitriles is 1. The van der Waals surface area contributed by atoms with Crippen molar-refractivity contribution in [1.82, 2.24) is 10.3 Å². The highest BCUT2D eigenvalue weighted by Crippen LogP contribution is 2.19. The van der Waals surface area contributed by atoms with E-state index in [4.69, 9.17) is 5.26 Å². The SMILES string of the molecule is Cc1cccc(C(C)NC(=O)C(=O)Nc2ccc(C#N)cn2)c1C. The summed E-state index contributed by atoms with van der Waals surface area (Å²) in [4.78, 5) is 27.9. The summed E-state index contributed by atoms with van der Waals surface area (Å²) in [6.07, 6.45) is 1.33. The van der Waals surface area contributed by atoms with E-state index in [0.717, 1.165) is 16.7 Å². The molecule has 1 atom stereocenters. The van der Waals surface area contributed by atoms with Crippen molar-refractivity contribution in [2.24, 2.45) is 0 Å². The zero-order valence-corrected chi connectivity index (χ0v) is 13.8. The smallest absolute Gasteiger partial charge is 0.314 e. The average Bonchev–Trinajstić information content (AvgIpc) is 2.57. The largest absolute Gasteiger partial charge is 0.341 e. The number of carbonyl (C=O) groups excluding carboxylic acids is 2. The summed E-state index contributed by atoms with van der Waals surface area (Å²) in [5.74, 6) is -1.33. The van der Waals surface area contributed by atoms with Crippen molar-refractivity contribution in [2.75, 3.05) is 5.32 Å². The Hall–Kier alpha value is -3.20. The van der Waals surface area contributed by atoms with Gasteiger partial charge in [0.25, 0.3) is 0 Å². The minimum atomic E-state index is -0.802. The van der Waals surface area contributed by atoms with Crippen molar-refractivity contribution in [3.05, 3.63) is 58.8 Å². The lowest BCUT2D eigenvalue weighted by Gasteiger charge is -2.17. The first-order valence-electron chi connectivity index (χ1n) is 7.46. The van der Waals surface area contributed by atoms with Gasteiger partial charge in [-0.2, -0.15) is 5.26 Å². The van der Waals surface area contributed by atoms with Gasteiger partial charge in [0.1, 0.15) is 11.9 Å². The normalized spacial score (nSPS) is 11.2. The van der Waals surface area contributed by atoms with E-state index in [-0.39, 0.29) is 11.9 Å². The predicted molar refractivity (Wildman–Crippen MR) is 90.1 cm³/mol. The Balaban J connectivity index is 2.01. The number of nitrogens with one attached hydrogen (secondary N) is 2. The molecule has 0 aliphatic carbocycles. The molecule has 2 N–H and O–H groups in total. The van der Waals surface area contributed by atoms with E-state index < -0.39 is 11.8 Å². The average molecular weight is 322 g/mol. The second-order valence-electron chi connectivity index (χ2n) is 5.48. The number of hydrogen-bond donors (Lipinski definition) is 2. The number of anilines is 1. The molecule has 0 aliphatic rings. The van der Waals surface area contributed by atoms with Crippen LogP contribution in [0.3, 0.4) is 0 Å². The number of carbonyl (C=O) groups is 2. The standard InChI is InChI=1S/C18H18N4O2/c1-11-5-4-6-15(12(11)2)13(3)21-17(23)18(24)22-16-8-7-14(9-19)10-20-16/h4-8,10,13H,1-3H3,(H,21,23)(H,20,22,24). The Morgan fingerprint density at radius 3 is 2.54 bits per heavy atom. The fraction of sp³-hybridized carbons (Fsp3) is 0.222. The summed E-state index contributed by atoms with van der Waals surface area (Å²) in [7, 11) is 0. The second-order valence-corrected chi connectivity index (χ2v) is 5.48. The second kappa shape index (κ2) is 7.38. The van der Waals surface area contributed by atoms with E-state index in [2.05, 4.69) is 15.6 Å². The van der Waals surface area contributed by atoms with Crippen molar-refractivity contribution in [2.45, 2.75) is 26.8 Å². The molecule has 1 unspecified atom stereocenters. The van der Waals surface area contributed by atoms with Gasteiger partial charge in [0, 0.05) is 6.20 Å². The van der Waals surface area contributed by atoms with E-state index in [1.807, 2.05) is 45.0 Å². The molecule has 2 amide bonds. The van der Waals surface area contributed by atoms with Crippen molar-refractivity contribution in [3.63, 3.8) is 0 Å². The van der Waals surface area contributed by atoms with Gasteiger partial charge < -0.3 is 10.6 Å². The molecule has 6 heteroatoms. The summed E-state index contributed by atoms with van der Waals surface area (Å²) in [6, 6.07) is 10.5. The summed E-state index contributed by atoms with van der Waals surface area (Å²) >= 11 is 0. The topological polar surface area (TPSA) is 94.9 Å². The molecule has 2 aromatic rings. The summed E-state index contributed by atoms with van der Waals surface area (Å²) in [5.41, 5.74) is 3.55. The minimum Gasteiger partial charge on any atom is -0.341 e. The lowest BCUT2D eigenvalue weighted by molar-refractivity contribution is -0.136. The lowest BCUT2D eigenvalue weighted by atomic mass is 9.98. The van der Waals surface area contributed by atoms with Crippen molar-refractivity contribution in [1.29, 1.82) is 5.26 Å². The van der Waals surface area contributed by atoms with Crippen LogP contribution in [0, 0.1) is 25.2 Å². The third-order valence-corrected chi connectivity index (χ3v) is 3.80. The molecule has 1 aromatic heterocycles. The maximum atomic E-state index is 12.0. The minimum absolute atomic E-state index is 0.216. The predicted octanol–water partition coefficient (Wildman–Crippen LogP) is 2.39. The zero-order chi connectivity index (χ0) is 17.7. The van der Waals surface area contributed by atoms with E-state index in [1.165, 1.54) is 18.3 Å². The Labute approximate surface area is 140 Å². The van der Waals surface area contributed by atoms with Crippen LogP contribution in [0.5, 0.6) is 0 Å². The molecule has 0 spiro atoms. The Bertz CT molecular complexity index is 807. The summed E-state index contributed by atoms with van der Waals surface area (Å²) < 4.78 is 0. The highest BCUT2D eigenvalue weighted by molar-refractivity contribution is 6.39. The number of aromatic nitrogens is 1. The molecule has 1 aromatic carbocycles. The lowest BCUT2D eigenvalue weighted by Crippen LogP contribution is -2.37. The van der Waals surface area contributed by atoms with Gasteiger partial charge in [0.2, 0.25) is 0 Å². The molecule has 1 heterocycles. The number of rotatable bonds is 3. The third-order valence-electron chi connectivity index (χ3n) is 3.80. The van der Waals surface area contributed by atoms with Crippen LogP contribution in [0.15, 0.2) is 36.5 Å². The van der Waals surface area contributed by atoms with Gasteiger partial charge in [0.05, 0.1) is 11.6 Å². The maximum Gasteiger partial charge on any atom is 0.314 e. The van der Waals surface area contributed by atoms with Crippen LogP contribution >= 0.6 is 0 Å². The van der Waals surface area contributed by atoms with Gasteiger partial charge in [-0.05, 0) is 49.6 Å². The Morgan fingerprint density at radius 2 is 1.92 bits per heavy atom. The van der Waals surface area contributed by atoms with Crippen molar-refractivity contribution < 1.29 is 9.59 Å². The van der Waals surface area contributed by atoms with Gasteiger partial charge in [0.15, 0.2) is 0 Å². The van der Waals surface area contributed by atoms with Gasteiger partial charge in [-0.25, -0.2) is 4.98 Å². The highest BCUT2D eigenvalue weighted by atomic mass is 16.2. The van der Waals surface area contributed by atoms with Crippen LogP contribution < -0.4 is 10.6 Å². The fourth-order valence-corrected chi connectivity index (χ4v) is 2.29. The molecule has 122 valence electrons. The summed E-state index contributed by atoms with van der Waals surface area (Å²) in [6.45, 7) is 5.80. The summed E-state index contributed by atoms with van der Waals surface area (Å²) in [5, 5.41) is 13.8. The molecule has 0 radical (unpaired) electrons. The third kappa shape index (κ3) is 3.96. The molecule has 24 heavy (non-hydrogen) atoms. The molecule has 0 fully saturated rings. The van der Waals surface area contributed by atoms with Crippen LogP contribution in [-0.2, 0) is 9.59 Å². The first-order valence-corrected chi connectivity index (χ1v) is 7.46. The Kier molecular flexibility index (Phi) is 5.27.